The first kappa shape index (κ1) is 27.8. The summed E-state index contributed by atoms with van der Waals surface area (Å²) in [4.78, 5) is 24.0. The number of nitrogens with one attached hydrogen (secondary N) is 2. The van der Waals surface area contributed by atoms with Crippen LogP contribution in [0.1, 0.15) is 34.6 Å². The highest BCUT2D eigenvalue weighted by Gasteiger charge is 2.48. The lowest BCUT2D eigenvalue weighted by Gasteiger charge is -2.33. The SMILES string of the molecule is COc1ccc([C@@H]2C[C@H](C(F)(F)F)n3nc(C(=O)Nc4cc(Oc5ccccc5)cc([N+](=O)[O-])c4)c(Cl)c3N2)cc1. The number of ether oxygens (including phenoxy) is 2. The molecule has 41 heavy (non-hydrogen) atoms. The van der Waals surface area contributed by atoms with E-state index in [1.807, 2.05) is 0 Å². The van der Waals surface area contributed by atoms with Crippen LogP contribution in [-0.4, -0.2) is 33.9 Å². The molecule has 0 unspecified atom stereocenters. The van der Waals surface area contributed by atoms with Crippen LogP contribution < -0.4 is 20.1 Å². The number of nitro benzene ring substituents is 1. The Balaban J connectivity index is 1.45. The number of anilines is 2. The van der Waals surface area contributed by atoms with E-state index < -0.39 is 41.2 Å². The van der Waals surface area contributed by atoms with Gasteiger partial charge in [0.15, 0.2) is 11.7 Å². The van der Waals surface area contributed by atoms with Gasteiger partial charge in [-0.05, 0) is 29.8 Å². The Labute approximate surface area is 235 Å². The van der Waals surface area contributed by atoms with E-state index in [0.29, 0.717) is 21.7 Å². The van der Waals surface area contributed by atoms with Gasteiger partial charge in [-0.2, -0.15) is 18.3 Å². The van der Waals surface area contributed by atoms with Crippen LogP contribution in [0, 0.1) is 10.1 Å². The lowest BCUT2D eigenvalue weighted by atomic mass is 9.97. The van der Waals surface area contributed by atoms with Gasteiger partial charge in [-0.1, -0.05) is 41.9 Å². The summed E-state index contributed by atoms with van der Waals surface area (Å²) in [5, 5.41) is 20.5. The highest BCUT2D eigenvalue weighted by atomic mass is 35.5. The van der Waals surface area contributed by atoms with Crippen molar-refractivity contribution in [3.05, 3.63) is 99.2 Å². The van der Waals surface area contributed by atoms with Crippen LogP contribution in [0.25, 0.3) is 0 Å². The number of benzene rings is 3. The van der Waals surface area contributed by atoms with Gasteiger partial charge < -0.3 is 20.1 Å². The third-order valence-electron chi connectivity index (χ3n) is 6.37. The minimum Gasteiger partial charge on any atom is -0.497 e. The fraction of sp³-hybridized carbons (Fsp3) is 0.185. The fourth-order valence-electron chi connectivity index (χ4n) is 4.42. The Morgan fingerprint density at radius 3 is 2.44 bits per heavy atom. The predicted octanol–water partition coefficient (Wildman–Crippen LogP) is 7.16. The Morgan fingerprint density at radius 1 is 1.10 bits per heavy atom. The zero-order chi connectivity index (χ0) is 29.3. The number of aromatic nitrogens is 2. The highest BCUT2D eigenvalue weighted by molar-refractivity contribution is 6.36. The number of para-hydroxylation sites is 1. The number of methoxy groups -OCH3 is 1. The number of carbonyl (C=O) groups excluding carboxylic acids is 1. The lowest BCUT2D eigenvalue weighted by molar-refractivity contribution is -0.384. The first-order valence-electron chi connectivity index (χ1n) is 12.1. The highest BCUT2D eigenvalue weighted by Crippen LogP contribution is 2.46. The number of carbonyl (C=O) groups is 1. The van der Waals surface area contributed by atoms with Crippen LogP contribution in [0.4, 0.5) is 30.4 Å². The molecule has 5 rings (SSSR count). The van der Waals surface area contributed by atoms with Crippen LogP contribution in [-0.2, 0) is 0 Å². The minimum absolute atomic E-state index is 0.0476. The molecule has 1 aliphatic rings. The molecular weight excluding hydrogens is 567 g/mol. The summed E-state index contributed by atoms with van der Waals surface area (Å²) in [6.45, 7) is 0. The van der Waals surface area contributed by atoms with Crippen molar-refractivity contribution in [3.8, 4) is 17.2 Å². The van der Waals surface area contributed by atoms with Gasteiger partial charge in [0.2, 0.25) is 0 Å². The van der Waals surface area contributed by atoms with E-state index in [4.69, 9.17) is 21.1 Å². The average molecular weight is 588 g/mol. The van der Waals surface area contributed by atoms with E-state index in [9.17, 15) is 28.1 Å². The molecule has 3 aromatic carbocycles. The zero-order valence-electron chi connectivity index (χ0n) is 21.2. The predicted molar refractivity (Wildman–Crippen MR) is 144 cm³/mol. The smallest absolute Gasteiger partial charge is 0.410 e. The topological polar surface area (TPSA) is 121 Å². The van der Waals surface area contributed by atoms with Gasteiger partial charge in [0.1, 0.15) is 28.1 Å². The molecule has 0 bridgehead atoms. The molecule has 0 saturated carbocycles. The number of hydrogen-bond donors (Lipinski definition) is 2. The maximum Gasteiger partial charge on any atom is 0.410 e. The van der Waals surface area contributed by atoms with Crippen molar-refractivity contribution in [1.29, 1.82) is 0 Å². The number of hydrogen-bond acceptors (Lipinski definition) is 7. The van der Waals surface area contributed by atoms with Gasteiger partial charge in [0.05, 0.1) is 29.8 Å². The molecule has 0 aliphatic carbocycles. The normalized spacial score (nSPS) is 16.3. The van der Waals surface area contributed by atoms with E-state index in [2.05, 4.69) is 15.7 Å². The molecule has 1 aliphatic heterocycles. The van der Waals surface area contributed by atoms with Crippen LogP contribution >= 0.6 is 11.6 Å². The van der Waals surface area contributed by atoms with E-state index in [0.717, 1.165) is 6.07 Å². The Morgan fingerprint density at radius 2 is 1.80 bits per heavy atom. The van der Waals surface area contributed by atoms with Crippen molar-refractivity contribution in [1.82, 2.24) is 9.78 Å². The van der Waals surface area contributed by atoms with Crippen LogP contribution in [0.5, 0.6) is 17.2 Å². The largest absolute Gasteiger partial charge is 0.497 e. The molecule has 0 fully saturated rings. The second-order valence-corrected chi connectivity index (χ2v) is 9.44. The molecule has 14 heteroatoms. The molecule has 10 nitrogen and oxygen atoms in total. The average Bonchev–Trinajstić information content (AvgIpc) is 3.28. The molecule has 1 amide bonds. The van der Waals surface area contributed by atoms with E-state index in [-0.39, 0.29) is 28.0 Å². The maximum absolute atomic E-state index is 14.1. The number of alkyl halides is 3. The maximum atomic E-state index is 14.1. The number of fused-ring (bicyclic) bond motifs is 1. The van der Waals surface area contributed by atoms with E-state index in [1.165, 1.54) is 19.2 Å². The van der Waals surface area contributed by atoms with Crippen molar-refractivity contribution in [2.75, 3.05) is 17.7 Å². The number of nitrogens with zero attached hydrogens (tertiary/aromatic N) is 3. The lowest BCUT2D eigenvalue weighted by Crippen LogP contribution is -2.35. The van der Waals surface area contributed by atoms with Gasteiger partial charge in [-0.25, -0.2) is 4.68 Å². The number of nitro groups is 1. The number of halogens is 4. The second-order valence-electron chi connectivity index (χ2n) is 9.06. The Hall–Kier alpha value is -4.78. The van der Waals surface area contributed by atoms with E-state index in [1.54, 1.807) is 54.6 Å². The molecular formula is C27H21ClF3N5O5. The van der Waals surface area contributed by atoms with Crippen molar-refractivity contribution in [3.63, 3.8) is 0 Å². The van der Waals surface area contributed by atoms with Gasteiger partial charge >= 0.3 is 6.18 Å². The van der Waals surface area contributed by atoms with Crippen molar-refractivity contribution >= 4 is 34.7 Å². The minimum atomic E-state index is -4.70. The Kier molecular flexibility index (Phi) is 7.45. The zero-order valence-corrected chi connectivity index (χ0v) is 21.9. The van der Waals surface area contributed by atoms with Gasteiger partial charge in [-0.3, -0.25) is 14.9 Å². The van der Waals surface area contributed by atoms with Crippen LogP contribution in [0.15, 0.2) is 72.8 Å². The summed E-state index contributed by atoms with van der Waals surface area (Å²) in [5.41, 5.74) is -0.369. The summed E-state index contributed by atoms with van der Waals surface area (Å²) in [5.74, 6) is -0.162. The molecule has 212 valence electrons. The molecule has 0 spiro atoms. The van der Waals surface area contributed by atoms with Crippen LogP contribution in [0.3, 0.4) is 0 Å². The van der Waals surface area contributed by atoms with Crippen molar-refractivity contribution in [2.24, 2.45) is 0 Å². The standard InChI is InChI=1S/C27H21ClF3N5O5/c1-40-18-9-7-15(8-10-18)21-14-22(27(29,30)31)35-25(33-21)23(28)24(34-35)26(37)32-16-11-17(36(38)39)13-20(12-16)41-19-5-3-2-4-6-19/h2-13,21-22,33H,14H2,1H3,(H,32,37)/t21-,22+/m0/s1. The third kappa shape index (κ3) is 5.89. The third-order valence-corrected chi connectivity index (χ3v) is 6.73. The van der Waals surface area contributed by atoms with Crippen molar-refractivity contribution < 1.29 is 32.4 Å². The molecule has 2 N–H and O–H groups in total. The summed E-state index contributed by atoms with van der Waals surface area (Å²) in [7, 11) is 1.48. The number of rotatable bonds is 7. The number of amides is 1. The summed E-state index contributed by atoms with van der Waals surface area (Å²) < 4.78 is 53.8. The van der Waals surface area contributed by atoms with Crippen LogP contribution in [0.2, 0.25) is 5.02 Å². The summed E-state index contributed by atoms with van der Waals surface area (Å²) in [6.07, 6.45) is -5.11. The quantitative estimate of drug-likeness (QED) is 0.174. The first-order chi connectivity index (χ1) is 19.5. The fourth-order valence-corrected chi connectivity index (χ4v) is 4.69. The molecule has 4 aromatic rings. The summed E-state index contributed by atoms with van der Waals surface area (Å²) in [6, 6.07) is 15.7. The monoisotopic (exact) mass is 587 g/mol. The summed E-state index contributed by atoms with van der Waals surface area (Å²) >= 11 is 6.41. The molecule has 1 aromatic heterocycles. The van der Waals surface area contributed by atoms with Gasteiger partial charge in [0, 0.05) is 18.6 Å². The number of non-ortho nitro benzene ring substituents is 1. The first-order valence-corrected chi connectivity index (χ1v) is 12.5. The van der Waals surface area contributed by atoms with Crippen molar-refractivity contribution in [2.45, 2.75) is 24.7 Å². The van der Waals surface area contributed by atoms with E-state index >= 15 is 0 Å². The second kappa shape index (κ2) is 11.0. The molecule has 2 heterocycles. The Bertz CT molecular complexity index is 1600. The molecule has 0 radical (unpaired) electrons. The van der Waals surface area contributed by atoms with Gasteiger partial charge in [0.25, 0.3) is 11.6 Å². The van der Waals surface area contributed by atoms with Gasteiger partial charge in [-0.15, -0.1) is 0 Å². The molecule has 2 atom stereocenters. The molecule has 0 saturated heterocycles.